The van der Waals surface area contributed by atoms with Crippen LogP contribution in [0.2, 0.25) is 0 Å². The Bertz CT molecular complexity index is 448. The SMILES string of the molecule is CCC(O)(CC)CNCc1ccc(Br)c([N+](=O)[O-])c1. The first kappa shape index (κ1) is 16.1. The van der Waals surface area contributed by atoms with E-state index in [1.807, 2.05) is 19.9 Å². The summed E-state index contributed by atoms with van der Waals surface area (Å²) in [5, 5.41) is 24.1. The second kappa shape index (κ2) is 6.98. The van der Waals surface area contributed by atoms with E-state index in [1.54, 1.807) is 6.07 Å². The molecule has 0 aromatic heterocycles. The zero-order valence-corrected chi connectivity index (χ0v) is 12.7. The largest absolute Gasteiger partial charge is 0.389 e. The molecule has 106 valence electrons. The zero-order chi connectivity index (χ0) is 14.5. The molecule has 0 spiro atoms. The van der Waals surface area contributed by atoms with Crippen molar-refractivity contribution in [1.82, 2.24) is 5.32 Å². The lowest BCUT2D eigenvalue weighted by molar-refractivity contribution is -0.385. The molecule has 1 rings (SSSR count). The van der Waals surface area contributed by atoms with Crippen molar-refractivity contribution in [1.29, 1.82) is 0 Å². The van der Waals surface area contributed by atoms with Crippen molar-refractivity contribution >= 4 is 21.6 Å². The van der Waals surface area contributed by atoms with Crippen LogP contribution < -0.4 is 5.32 Å². The Balaban J connectivity index is 2.64. The molecule has 1 aromatic carbocycles. The molecule has 0 unspecified atom stereocenters. The van der Waals surface area contributed by atoms with E-state index >= 15 is 0 Å². The van der Waals surface area contributed by atoms with Gasteiger partial charge < -0.3 is 10.4 Å². The van der Waals surface area contributed by atoms with Crippen LogP contribution in [0.25, 0.3) is 0 Å². The van der Waals surface area contributed by atoms with Crippen LogP contribution in [0.3, 0.4) is 0 Å². The van der Waals surface area contributed by atoms with Gasteiger partial charge in [-0.15, -0.1) is 0 Å². The van der Waals surface area contributed by atoms with Gasteiger partial charge in [0.2, 0.25) is 0 Å². The summed E-state index contributed by atoms with van der Waals surface area (Å²) in [6.07, 6.45) is 1.36. The van der Waals surface area contributed by atoms with Crippen molar-refractivity contribution in [2.24, 2.45) is 0 Å². The maximum absolute atomic E-state index is 10.8. The van der Waals surface area contributed by atoms with Crippen LogP contribution in [0.4, 0.5) is 5.69 Å². The summed E-state index contributed by atoms with van der Waals surface area (Å²) in [6.45, 7) is 4.85. The highest BCUT2D eigenvalue weighted by molar-refractivity contribution is 9.10. The van der Waals surface area contributed by atoms with Gasteiger partial charge in [-0.2, -0.15) is 0 Å². The third-order valence-electron chi connectivity index (χ3n) is 3.31. The fourth-order valence-corrected chi connectivity index (χ4v) is 2.14. The number of benzene rings is 1. The number of nitrogens with zero attached hydrogens (tertiary/aromatic N) is 1. The molecule has 0 aliphatic rings. The normalized spacial score (nSPS) is 11.6. The fourth-order valence-electron chi connectivity index (χ4n) is 1.75. The Hall–Kier alpha value is -0.980. The van der Waals surface area contributed by atoms with Gasteiger partial charge in [0.25, 0.3) is 5.69 Å². The third kappa shape index (κ3) is 4.56. The molecular formula is C13H19BrN2O3. The molecule has 0 aliphatic carbocycles. The van der Waals surface area contributed by atoms with Crippen molar-refractivity contribution in [3.63, 3.8) is 0 Å². The molecule has 19 heavy (non-hydrogen) atoms. The maximum atomic E-state index is 10.8. The van der Waals surface area contributed by atoms with E-state index in [4.69, 9.17) is 0 Å². The first-order valence-electron chi connectivity index (χ1n) is 6.27. The summed E-state index contributed by atoms with van der Waals surface area (Å²) < 4.78 is 0.472. The van der Waals surface area contributed by atoms with Crippen LogP contribution in [0.15, 0.2) is 22.7 Å². The highest BCUT2D eigenvalue weighted by Gasteiger charge is 2.21. The van der Waals surface area contributed by atoms with Crippen LogP contribution in [0.1, 0.15) is 32.3 Å². The molecule has 0 heterocycles. The standard InChI is InChI=1S/C13H19BrN2O3/c1-3-13(17,4-2)9-15-8-10-5-6-11(14)12(7-10)16(18)19/h5-7,15,17H,3-4,8-9H2,1-2H3. The predicted molar refractivity (Wildman–Crippen MR) is 78.0 cm³/mol. The lowest BCUT2D eigenvalue weighted by atomic mass is 9.97. The molecule has 0 bridgehead atoms. The van der Waals surface area contributed by atoms with Gasteiger partial charge in [0.1, 0.15) is 0 Å². The van der Waals surface area contributed by atoms with E-state index in [1.165, 1.54) is 6.07 Å². The Morgan fingerprint density at radius 3 is 2.58 bits per heavy atom. The lowest BCUT2D eigenvalue weighted by Crippen LogP contribution is -2.39. The molecule has 0 saturated carbocycles. The Morgan fingerprint density at radius 1 is 1.42 bits per heavy atom. The van der Waals surface area contributed by atoms with Gasteiger partial charge >= 0.3 is 0 Å². The fraction of sp³-hybridized carbons (Fsp3) is 0.538. The number of hydrogen-bond donors (Lipinski definition) is 2. The summed E-state index contributed by atoms with van der Waals surface area (Å²) in [5.74, 6) is 0. The average molecular weight is 331 g/mol. The highest BCUT2D eigenvalue weighted by Crippen LogP contribution is 2.25. The van der Waals surface area contributed by atoms with Gasteiger partial charge in [0.15, 0.2) is 0 Å². The third-order valence-corrected chi connectivity index (χ3v) is 3.98. The molecule has 0 fully saturated rings. The average Bonchev–Trinajstić information content (AvgIpc) is 2.40. The second-order valence-corrected chi connectivity index (χ2v) is 5.43. The second-order valence-electron chi connectivity index (χ2n) is 4.58. The van der Waals surface area contributed by atoms with Crippen LogP contribution in [-0.2, 0) is 6.54 Å². The van der Waals surface area contributed by atoms with Crippen LogP contribution in [0, 0.1) is 10.1 Å². The minimum absolute atomic E-state index is 0.0561. The maximum Gasteiger partial charge on any atom is 0.283 e. The molecule has 5 nitrogen and oxygen atoms in total. The number of hydrogen-bond acceptors (Lipinski definition) is 4. The molecule has 0 amide bonds. The van der Waals surface area contributed by atoms with E-state index in [0.29, 0.717) is 30.4 Å². The number of halogens is 1. The van der Waals surface area contributed by atoms with Crippen LogP contribution in [-0.4, -0.2) is 22.2 Å². The molecule has 0 aliphatic heterocycles. The van der Waals surface area contributed by atoms with Gasteiger partial charge in [0.05, 0.1) is 15.0 Å². The molecular weight excluding hydrogens is 312 g/mol. The predicted octanol–water partition coefficient (Wildman–Crippen LogP) is 3.00. The Morgan fingerprint density at radius 2 is 2.05 bits per heavy atom. The van der Waals surface area contributed by atoms with Gasteiger partial charge in [0, 0.05) is 19.2 Å². The number of aliphatic hydroxyl groups is 1. The van der Waals surface area contributed by atoms with Crippen molar-refractivity contribution in [2.45, 2.75) is 38.8 Å². The first-order chi connectivity index (χ1) is 8.91. The van der Waals surface area contributed by atoms with Crippen LogP contribution in [0.5, 0.6) is 0 Å². The van der Waals surface area contributed by atoms with E-state index < -0.39 is 10.5 Å². The smallest absolute Gasteiger partial charge is 0.283 e. The summed E-state index contributed by atoms with van der Waals surface area (Å²) >= 11 is 3.15. The topological polar surface area (TPSA) is 75.4 Å². The van der Waals surface area contributed by atoms with Crippen molar-refractivity contribution in [3.05, 3.63) is 38.3 Å². The Labute approximate surface area is 121 Å². The van der Waals surface area contributed by atoms with E-state index in [2.05, 4.69) is 21.2 Å². The van der Waals surface area contributed by atoms with Gasteiger partial charge in [-0.1, -0.05) is 19.9 Å². The van der Waals surface area contributed by atoms with Gasteiger partial charge in [-0.05, 0) is 40.4 Å². The number of nitro benzene ring substituents is 1. The van der Waals surface area contributed by atoms with E-state index in [9.17, 15) is 15.2 Å². The molecule has 1 aromatic rings. The van der Waals surface area contributed by atoms with Gasteiger partial charge in [-0.25, -0.2) is 0 Å². The molecule has 6 heteroatoms. The first-order valence-corrected chi connectivity index (χ1v) is 7.07. The zero-order valence-electron chi connectivity index (χ0n) is 11.1. The van der Waals surface area contributed by atoms with Crippen LogP contribution >= 0.6 is 15.9 Å². The van der Waals surface area contributed by atoms with E-state index in [0.717, 1.165) is 5.56 Å². The number of nitro groups is 1. The molecule has 0 radical (unpaired) electrons. The molecule has 0 saturated heterocycles. The molecule has 0 atom stereocenters. The summed E-state index contributed by atoms with van der Waals surface area (Å²) in [7, 11) is 0. The minimum atomic E-state index is -0.707. The van der Waals surface area contributed by atoms with Crippen molar-refractivity contribution in [3.8, 4) is 0 Å². The number of nitrogens with one attached hydrogen (secondary N) is 1. The quantitative estimate of drug-likeness (QED) is 0.595. The van der Waals surface area contributed by atoms with Crippen molar-refractivity contribution in [2.75, 3.05) is 6.54 Å². The minimum Gasteiger partial charge on any atom is -0.389 e. The van der Waals surface area contributed by atoms with E-state index in [-0.39, 0.29) is 5.69 Å². The monoisotopic (exact) mass is 330 g/mol. The molecule has 2 N–H and O–H groups in total. The summed E-state index contributed by atoms with van der Waals surface area (Å²) in [4.78, 5) is 10.4. The van der Waals surface area contributed by atoms with Crippen molar-refractivity contribution < 1.29 is 10.0 Å². The Kier molecular flexibility index (Phi) is 5.90. The summed E-state index contributed by atoms with van der Waals surface area (Å²) in [5.41, 5.74) is 0.173. The highest BCUT2D eigenvalue weighted by atomic mass is 79.9. The summed E-state index contributed by atoms with van der Waals surface area (Å²) in [6, 6.07) is 5.02. The number of rotatable bonds is 7. The lowest BCUT2D eigenvalue weighted by Gasteiger charge is -2.25. The van der Waals surface area contributed by atoms with Gasteiger partial charge in [-0.3, -0.25) is 10.1 Å².